The van der Waals surface area contributed by atoms with Crippen LogP contribution in [-0.4, -0.2) is 22.7 Å². The zero-order chi connectivity index (χ0) is 14.7. The predicted molar refractivity (Wildman–Crippen MR) is 78.4 cm³/mol. The first-order valence-corrected chi connectivity index (χ1v) is 6.72. The lowest BCUT2D eigenvalue weighted by molar-refractivity contribution is -0.117. The molecular formula is C15H17ClN2O2. The van der Waals surface area contributed by atoms with Crippen LogP contribution in [0.25, 0.3) is 0 Å². The van der Waals surface area contributed by atoms with E-state index in [0.717, 1.165) is 22.7 Å². The molecule has 0 N–H and O–H groups in total. The summed E-state index contributed by atoms with van der Waals surface area (Å²) < 4.78 is 6.92. The van der Waals surface area contributed by atoms with Gasteiger partial charge in [-0.3, -0.25) is 9.48 Å². The first-order chi connectivity index (χ1) is 9.52. The molecule has 20 heavy (non-hydrogen) atoms. The minimum absolute atomic E-state index is 0.0828. The van der Waals surface area contributed by atoms with Crippen LogP contribution in [0.5, 0.6) is 5.75 Å². The summed E-state index contributed by atoms with van der Waals surface area (Å²) in [6, 6.07) is 7.52. The molecule has 5 heteroatoms. The summed E-state index contributed by atoms with van der Waals surface area (Å²) in [5, 5.41) is 4.78. The zero-order valence-electron chi connectivity index (χ0n) is 11.8. The zero-order valence-corrected chi connectivity index (χ0v) is 12.6. The number of methoxy groups -OCH3 is 1. The summed E-state index contributed by atoms with van der Waals surface area (Å²) in [6.45, 7) is 1.83. The average molecular weight is 293 g/mol. The van der Waals surface area contributed by atoms with Crippen LogP contribution in [0.2, 0.25) is 5.02 Å². The Hall–Kier alpha value is -1.81. The highest BCUT2D eigenvalue weighted by Gasteiger charge is 2.16. The number of ketones is 1. The number of ether oxygens (including phenoxy) is 1. The summed E-state index contributed by atoms with van der Waals surface area (Å²) in [5.74, 6) is 0.813. The Bertz CT molecular complexity index is 635. The maximum atomic E-state index is 12.2. The number of carbonyl (C=O) groups is 1. The molecule has 0 aliphatic carbocycles. The fourth-order valence-corrected chi connectivity index (χ4v) is 2.41. The quantitative estimate of drug-likeness (QED) is 0.851. The van der Waals surface area contributed by atoms with E-state index in [9.17, 15) is 4.79 Å². The highest BCUT2D eigenvalue weighted by atomic mass is 35.5. The highest BCUT2D eigenvalue weighted by Crippen LogP contribution is 2.22. The number of hydrogen-bond acceptors (Lipinski definition) is 3. The molecule has 1 aromatic carbocycles. The van der Waals surface area contributed by atoms with Gasteiger partial charge in [0.25, 0.3) is 0 Å². The number of carbonyl (C=O) groups excluding carboxylic acids is 1. The highest BCUT2D eigenvalue weighted by molar-refractivity contribution is 6.32. The van der Waals surface area contributed by atoms with Crippen LogP contribution in [0.4, 0.5) is 0 Å². The van der Waals surface area contributed by atoms with Crippen LogP contribution < -0.4 is 4.74 Å². The summed E-state index contributed by atoms with van der Waals surface area (Å²) in [4.78, 5) is 12.2. The van der Waals surface area contributed by atoms with Crippen molar-refractivity contribution in [3.63, 3.8) is 0 Å². The van der Waals surface area contributed by atoms with E-state index in [0.29, 0.717) is 11.4 Å². The van der Waals surface area contributed by atoms with Crippen molar-refractivity contribution in [2.45, 2.75) is 19.8 Å². The van der Waals surface area contributed by atoms with Crippen molar-refractivity contribution in [3.8, 4) is 5.75 Å². The molecule has 0 aliphatic rings. The smallest absolute Gasteiger partial charge is 0.143 e. The second kappa shape index (κ2) is 6.09. The second-order valence-corrected chi connectivity index (χ2v) is 5.05. The van der Waals surface area contributed by atoms with Gasteiger partial charge in [-0.15, -0.1) is 0 Å². The van der Waals surface area contributed by atoms with E-state index in [1.54, 1.807) is 18.8 Å². The molecule has 0 radical (unpaired) electrons. The van der Waals surface area contributed by atoms with Crippen molar-refractivity contribution in [2.24, 2.45) is 7.05 Å². The van der Waals surface area contributed by atoms with Crippen LogP contribution in [-0.2, 0) is 24.7 Å². The van der Waals surface area contributed by atoms with Gasteiger partial charge in [-0.05, 0) is 13.0 Å². The van der Waals surface area contributed by atoms with Gasteiger partial charge in [0.15, 0.2) is 0 Å². The van der Waals surface area contributed by atoms with Gasteiger partial charge in [0.05, 0.1) is 29.9 Å². The molecule has 0 fully saturated rings. The van der Waals surface area contributed by atoms with Crippen molar-refractivity contribution >= 4 is 17.4 Å². The molecule has 1 heterocycles. The fourth-order valence-electron chi connectivity index (χ4n) is 2.18. The predicted octanol–water partition coefficient (Wildman–Crippen LogP) is 2.74. The van der Waals surface area contributed by atoms with Gasteiger partial charge in [-0.1, -0.05) is 29.8 Å². The molecule has 0 unspecified atom stereocenters. The SMILES string of the molecule is COc1ccccc1CC(=O)Cc1c(Cl)c(C)nn1C. The number of aryl methyl sites for hydroxylation is 2. The Morgan fingerprint density at radius 1 is 1.35 bits per heavy atom. The number of benzene rings is 1. The van der Waals surface area contributed by atoms with Gasteiger partial charge in [0, 0.05) is 19.0 Å². The maximum absolute atomic E-state index is 12.2. The fraction of sp³-hybridized carbons (Fsp3) is 0.333. The van der Waals surface area contributed by atoms with E-state index < -0.39 is 0 Å². The lowest BCUT2D eigenvalue weighted by Crippen LogP contribution is -2.11. The summed E-state index contributed by atoms with van der Waals surface area (Å²) in [6.07, 6.45) is 0.596. The molecule has 0 saturated carbocycles. The van der Waals surface area contributed by atoms with Gasteiger partial charge in [0.1, 0.15) is 11.5 Å². The van der Waals surface area contributed by atoms with Crippen molar-refractivity contribution in [1.29, 1.82) is 0 Å². The minimum atomic E-state index is 0.0828. The molecule has 106 valence electrons. The number of rotatable bonds is 5. The number of halogens is 1. The van der Waals surface area contributed by atoms with Crippen LogP contribution in [0, 0.1) is 6.92 Å². The molecular weight excluding hydrogens is 276 g/mol. The van der Waals surface area contributed by atoms with E-state index >= 15 is 0 Å². The molecule has 0 aliphatic heterocycles. The average Bonchev–Trinajstić information content (AvgIpc) is 2.66. The first kappa shape index (κ1) is 14.6. The lowest BCUT2D eigenvalue weighted by Gasteiger charge is -2.07. The normalized spacial score (nSPS) is 10.6. The number of aromatic nitrogens is 2. The Morgan fingerprint density at radius 3 is 2.65 bits per heavy atom. The van der Waals surface area contributed by atoms with Gasteiger partial charge in [-0.2, -0.15) is 5.10 Å². The molecule has 0 bridgehead atoms. The van der Waals surface area contributed by atoms with Crippen LogP contribution in [0.15, 0.2) is 24.3 Å². The molecule has 2 rings (SSSR count). The Balaban J connectivity index is 2.13. The van der Waals surface area contributed by atoms with Gasteiger partial charge >= 0.3 is 0 Å². The van der Waals surface area contributed by atoms with Crippen LogP contribution in [0.1, 0.15) is 17.0 Å². The van der Waals surface area contributed by atoms with E-state index in [1.807, 2.05) is 31.2 Å². The molecule has 1 aromatic heterocycles. The van der Waals surface area contributed by atoms with Crippen molar-refractivity contribution in [3.05, 3.63) is 46.2 Å². The maximum Gasteiger partial charge on any atom is 0.143 e. The van der Waals surface area contributed by atoms with Gasteiger partial charge < -0.3 is 4.74 Å². The minimum Gasteiger partial charge on any atom is -0.496 e. The lowest BCUT2D eigenvalue weighted by atomic mass is 10.0. The third-order valence-corrected chi connectivity index (χ3v) is 3.70. The molecule has 4 nitrogen and oxygen atoms in total. The van der Waals surface area contributed by atoms with E-state index in [2.05, 4.69) is 5.10 Å². The van der Waals surface area contributed by atoms with Crippen LogP contribution >= 0.6 is 11.6 Å². The van der Waals surface area contributed by atoms with E-state index in [1.165, 1.54) is 0 Å². The Labute approximate surface area is 123 Å². The topological polar surface area (TPSA) is 44.1 Å². The molecule has 0 saturated heterocycles. The third-order valence-electron chi connectivity index (χ3n) is 3.21. The van der Waals surface area contributed by atoms with Crippen molar-refractivity contribution in [1.82, 2.24) is 9.78 Å². The van der Waals surface area contributed by atoms with E-state index in [4.69, 9.17) is 16.3 Å². The molecule has 0 spiro atoms. The molecule has 0 atom stereocenters. The van der Waals surface area contributed by atoms with E-state index in [-0.39, 0.29) is 12.2 Å². The number of hydrogen-bond donors (Lipinski definition) is 0. The standard InChI is InChI=1S/C15H17ClN2O2/c1-10-15(16)13(18(2)17-10)9-12(19)8-11-6-4-5-7-14(11)20-3/h4-7H,8-9H2,1-3H3. The Morgan fingerprint density at radius 2 is 2.05 bits per heavy atom. The molecule has 0 amide bonds. The summed E-state index contributed by atoms with van der Waals surface area (Å²) >= 11 is 6.16. The number of nitrogens with zero attached hydrogens (tertiary/aromatic N) is 2. The summed E-state index contributed by atoms with van der Waals surface area (Å²) in [5.41, 5.74) is 2.38. The number of para-hydroxylation sites is 1. The Kier molecular flexibility index (Phi) is 4.45. The summed E-state index contributed by atoms with van der Waals surface area (Å²) in [7, 11) is 3.40. The number of Topliss-reactive ketones (excluding diaryl/α,β-unsaturated/α-hetero) is 1. The van der Waals surface area contributed by atoms with Crippen molar-refractivity contribution < 1.29 is 9.53 Å². The first-order valence-electron chi connectivity index (χ1n) is 6.34. The monoisotopic (exact) mass is 292 g/mol. The van der Waals surface area contributed by atoms with Crippen LogP contribution in [0.3, 0.4) is 0 Å². The van der Waals surface area contributed by atoms with Gasteiger partial charge in [-0.25, -0.2) is 0 Å². The molecule has 2 aromatic rings. The third kappa shape index (κ3) is 3.02. The second-order valence-electron chi connectivity index (χ2n) is 4.67. The largest absolute Gasteiger partial charge is 0.496 e. The van der Waals surface area contributed by atoms with Gasteiger partial charge in [0.2, 0.25) is 0 Å². The van der Waals surface area contributed by atoms with Crippen molar-refractivity contribution in [2.75, 3.05) is 7.11 Å².